The second kappa shape index (κ2) is 9.21. The van der Waals surface area contributed by atoms with Crippen LogP contribution in [0.15, 0.2) is 48.8 Å². The first-order valence-electron chi connectivity index (χ1n) is 9.39. The molecule has 156 valence electrons. The largest absolute Gasteiger partial charge is 0.464 e. The molecular formula is C22H23FN4O3. The molecule has 0 saturated carbocycles. The third-order valence-electron chi connectivity index (χ3n) is 4.67. The molecule has 8 heteroatoms. The number of methoxy groups -OCH3 is 1. The Kier molecular flexibility index (Phi) is 6.46. The van der Waals surface area contributed by atoms with E-state index >= 15 is 0 Å². The Morgan fingerprint density at radius 1 is 1.03 bits per heavy atom. The highest BCUT2D eigenvalue weighted by Gasteiger charge is 2.28. The molecule has 0 spiro atoms. The van der Waals surface area contributed by atoms with Crippen LogP contribution >= 0.6 is 0 Å². The molecule has 1 aromatic carbocycles. The molecule has 1 amide bonds. The van der Waals surface area contributed by atoms with Gasteiger partial charge in [0.25, 0.3) is 0 Å². The topological polar surface area (TPSA) is 85.2 Å². The minimum atomic E-state index is -0.512. The number of aromatic nitrogens is 2. The number of amides is 1. The smallest absolute Gasteiger partial charge is 0.355 e. The number of rotatable bonds is 7. The van der Waals surface area contributed by atoms with Gasteiger partial charge in [0.1, 0.15) is 17.3 Å². The highest BCUT2D eigenvalue weighted by atomic mass is 19.1. The van der Waals surface area contributed by atoms with Crippen molar-refractivity contribution in [3.63, 3.8) is 0 Å². The first-order chi connectivity index (χ1) is 14.4. The van der Waals surface area contributed by atoms with Crippen LogP contribution in [0.3, 0.4) is 0 Å². The van der Waals surface area contributed by atoms with Crippen LogP contribution in [0.2, 0.25) is 0 Å². The van der Waals surface area contributed by atoms with Gasteiger partial charge in [-0.05, 0) is 35.4 Å². The van der Waals surface area contributed by atoms with Crippen LogP contribution in [-0.2, 0) is 16.6 Å². The predicted molar refractivity (Wildman–Crippen MR) is 113 cm³/mol. The van der Waals surface area contributed by atoms with Gasteiger partial charge in [0.15, 0.2) is 0 Å². The van der Waals surface area contributed by atoms with Crippen molar-refractivity contribution in [1.82, 2.24) is 14.9 Å². The fourth-order valence-corrected chi connectivity index (χ4v) is 3.34. The van der Waals surface area contributed by atoms with E-state index in [1.54, 1.807) is 36.1 Å². The number of hydrogen-bond donors (Lipinski definition) is 2. The molecule has 0 saturated heterocycles. The standard InChI is InChI=1S/C22H23FN4O3/c1-14(28)25-12-13-26-21-19(16-8-10-24-11-9-16)18(15-4-6-17(23)7-5-15)20(27(21)2)22(29)30-3/h4-11,26H,12-13H2,1-3H3,(H,25,28). The fraction of sp³-hybridized carbons (Fsp3) is 0.227. The Morgan fingerprint density at radius 3 is 2.27 bits per heavy atom. The molecular weight excluding hydrogens is 387 g/mol. The lowest BCUT2D eigenvalue weighted by atomic mass is 9.96. The second-order valence-corrected chi connectivity index (χ2v) is 6.65. The van der Waals surface area contributed by atoms with E-state index in [-0.39, 0.29) is 11.7 Å². The lowest BCUT2D eigenvalue weighted by molar-refractivity contribution is -0.118. The Bertz CT molecular complexity index is 1050. The Balaban J connectivity index is 2.21. The van der Waals surface area contributed by atoms with E-state index in [0.717, 1.165) is 11.1 Å². The minimum absolute atomic E-state index is 0.125. The molecule has 2 aromatic heterocycles. The zero-order valence-corrected chi connectivity index (χ0v) is 17.0. The number of nitrogens with one attached hydrogen (secondary N) is 2. The first kappa shape index (κ1) is 21.0. The lowest BCUT2D eigenvalue weighted by Gasteiger charge is -2.12. The summed E-state index contributed by atoms with van der Waals surface area (Å²) in [6.07, 6.45) is 3.32. The average molecular weight is 410 g/mol. The Labute approximate surface area is 173 Å². The SMILES string of the molecule is COC(=O)c1c(-c2ccc(F)cc2)c(-c2ccncc2)c(NCCNC(C)=O)n1C. The predicted octanol–water partition coefficient (Wildman–Crippen LogP) is 3.23. The van der Waals surface area contributed by atoms with E-state index in [9.17, 15) is 14.0 Å². The molecule has 0 atom stereocenters. The van der Waals surface area contributed by atoms with Gasteiger partial charge >= 0.3 is 5.97 Å². The Hall–Kier alpha value is -3.68. The van der Waals surface area contributed by atoms with Crippen molar-refractivity contribution in [2.45, 2.75) is 6.92 Å². The summed E-state index contributed by atoms with van der Waals surface area (Å²) in [6.45, 7) is 2.31. The second-order valence-electron chi connectivity index (χ2n) is 6.65. The maximum Gasteiger partial charge on any atom is 0.355 e. The van der Waals surface area contributed by atoms with Crippen molar-refractivity contribution < 1.29 is 18.7 Å². The molecule has 30 heavy (non-hydrogen) atoms. The average Bonchev–Trinajstić information content (AvgIpc) is 3.04. The summed E-state index contributed by atoms with van der Waals surface area (Å²) < 4.78 is 20.3. The van der Waals surface area contributed by atoms with E-state index in [2.05, 4.69) is 15.6 Å². The van der Waals surface area contributed by atoms with Gasteiger partial charge in [-0.15, -0.1) is 0 Å². The molecule has 0 bridgehead atoms. The first-order valence-corrected chi connectivity index (χ1v) is 9.39. The quantitative estimate of drug-likeness (QED) is 0.461. The highest BCUT2D eigenvalue weighted by Crippen LogP contribution is 2.42. The van der Waals surface area contributed by atoms with Gasteiger partial charge in [-0.1, -0.05) is 12.1 Å². The maximum atomic E-state index is 13.6. The molecule has 3 rings (SSSR count). The van der Waals surface area contributed by atoms with Crippen molar-refractivity contribution in [2.24, 2.45) is 7.05 Å². The lowest BCUT2D eigenvalue weighted by Crippen LogP contribution is -2.26. The normalized spacial score (nSPS) is 10.5. The van der Waals surface area contributed by atoms with Crippen molar-refractivity contribution in [1.29, 1.82) is 0 Å². The number of pyridine rings is 1. The number of carbonyl (C=O) groups excluding carboxylic acids is 2. The molecule has 0 aliphatic heterocycles. The van der Waals surface area contributed by atoms with Crippen molar-refractivity contribution >= 4 is 17.7 Å². The van der Waals surface area contributed by atoms with Crippen LogP contribution in [0.5, 0.6) is 0 Å². The van der Waals surface area contributed by atoms with Gasteiger partial charge in [0.2, 0.25) is 5.91 Å². The van der Waals surface area contributed by atoms with Crippen LogP contribution in [0, 0.1) is 5.82 Å². The van der Waals surface area contributed by atoms with E-state index < -0.39 is 5.97 Å². The summed E-state index contributed by atoms with van der Waals surface area (Å²) in [7, 11) is 3.07. The Morgan fingerprint density at radius 2 is 1.67 bits per heavy atom. The monoisotopic (exact) mass is 410 g/mol. The van der Waals surface area contributed by atoms with Crippen molar-refractivity contribution in [3.8, 4) is 22.3 Å². The van der Waals surface area contributed by atoms with E-state index in [0.29, 0.717) is 35.7 Å². The van der Waals surface area contributed by atoms with Gasteiger partial charge in [-0.25, -0.2) is 9.18 Å². The molecule has 0 radical (unpaired) electrons. The van der Waals surface area contributed by atoms with Crippen molar-refractivity contribution in [2.75, 3.05) is 25.5 Å². The van der Waals surface area contributed by atoms with E-state index in [4.69, 9.17) is 4.74 Å². The molecule has 2 heterocycles. The maximum absolute atomic E-state index is 13.6. The summed E-state index contributed by atoms with van der Waals surface area (Å²) in [6, 6.07) is 9.63. The number of nitrogens with zero attached hydrogens (tertiary/aromatic N) is 2. The van der Waals surface area contributed by atoms with E-state index in [1.165, 1.54) is 26.2 Å². The zero-order valence-electron chi connectivity index (χ0n) is 17.0. The third-order valence-corrected chi connectivity index (χ3v) is 4.67. The van der Waals surface area contributed by atoms with Crippen molar-refractivity contribution in [3.05, 3.63) is 60.3 Å². The molecule has 0 aliphatic carbocycles. The van der Waals surface area contributed by atoms with Crippen LogP contribution in [0.1, 0.15) is 17.4 Å². The fourth-order valence-electron chi connectivity index (χ4n) is 3.34. The summed E-state index contributed by atoms with van der Waals surface area (Å²) in [5, 5.41) is 6.04. The molecule has 0 unspecified atom stereocenters. The highest BCUT2D eigenvalue weighted by molar-refractivity contribution is 6.05. The van der Waals surface area contributed by atoms with Crippen LogP contribution < -0.4 is 10.6 Å². The summed E-state index contributed by atoms with van der Waals surface area (Å²) in [5.74, 6) is -0.331. The number of ether oxygens (including phenoxy) is 1. The van der Waals surface area contributed by atoms with E-state index in [1.807, 2.05) is 12.1 Å². The number of anilines is 1. The van der Waals surface area contributed by atoms with Crippen LogP contribution in [0.25, 0.3) is 22.3 Å². The summed E-state index contributed by atoms with van der Waals surface area (Å²) >= 11 is 0. The number of benzene rings is 1. The minimum Gasteiger partial charge on any atom is -0.464 e. The number of esters is 1. The van der Waals surface area contributed by atoms with Crippen LogP contribution in [0.4, 0.5) is 10.2 Å². The number of carbonyl (C=O) groups is 2. The molecule has 3 aromatic rings. The summed E-state index contributed by atoms with van der Waals surface area (Å²) in [4.78, 5) is 27.9. The third kappa shape index (κ3) is 4.32. The van der Waals surface area contributed by atoms with Gasteiger partial charge < -0.3 is 19.9 Å². The van der Waals surface area contributed by atoms with Crippen LogP contribution in [-0.4, -0.2) is 41.6 Å². The van der Waals surface area contributed by atoms with Gasteiger partial charge in [0, 0.05) is 50.6 Å². The molecule has 0 aliphatic rings. The number of hydrogen-bond acceptors (Lipinski definition) is 5. The molecule has 2 N–H and O–H groups in total. The summed E-state index contributed by atoms with van der Waals surface area (Å²) in [5.41, 5.74) is 3.22. The molecule has 0 fully saturated rings. The van der Waals surface area contributed by atoms with Gasteiger partial charge in [-0.3, -0.25) is 9.78 Å². The van der Waals surface area contributed by atoms with Gasteiger partial charge in [0.05, 0.1) is 7.11 Å². The zero-order chi connectivity index (χ0) is 21.7. The molecule has 7 nitrogen and oxygen atoms in total. The number of halogens is 1. The van der Waals surface area contributed by atoms with Gasteiger partial charge in [-0.2, -0.15) is 0 Å².